The van der Waals surface area contributed by atoms with Gasteiger partial charge in [-0.2, -0.15) is 0 Å². The number of hydrogen-bond donors (Lipinski definition) is 1. The molecule has 4 rings (SSSR count). The number of carbonyl (C=O) groups is 1. The summed E-state index contributed by atoms with van der Waals surface area (Å²) < 4.78 is 1.81. The average Bonchev–Trinajstić information content (AvgIpc) is 3.10. The maximum absolute atomic E-state index is 12.6. The Kier molecular flexibility index (Phi) is 3.51. The lowest BCUT2D eigenvalue weighted by Crippen LogP contribution is -2.14. The highest BCUT2D eigenvalue weighted by atomic mass is 16.1. The van der Waals surface area contributed by atoms with Crippen LogP contribution in [0.3, 0.4) is 0 Å². The van der Waals surface area contributed by atoms with Crippen LogP contribution in [0.15, 0.2) is 79.4 Å². The summed E-state index contributed by atoms with van der Waals surface area (Å²) in [4.78, 5) is 21.1. The van der Waals surface area contributed by atoms with Gasteiger partial charge in [-0.1, -0.05) is 30.3 Å². The van der Waals surface area contributed by atoms with Crippen molar-refractivity contribution in [1.82, 2.24) is 14.4 Å². The third kappa shape index (κ3) is 2.63. The summed E-state index contributed by atoms with van der Waals surface area (Å²) >= 11 is 0. The lowest BCUT2D eigenvalue weighted by atomic mass is 10.1. The highest BCUT2D eigenvalue weighted by Crippen LogP contribution is 2.25. The third-order valence-corrected chi connectivity index (χ3v) is 3.78. The fourth-order valence-corrected chi connectivity index (χ4v) is 2.59. The first-order valence-corrected chi connectivity index (χ1v) is 7.56. The molecule has 0 atom stereocenters. The van der Waals surface area contributed by atoms with Crippen molar-refractivity contribution in [2.75, 3.05) is 5.32 Å². The SMILES string of the molecule is O=C(Nc1ncccc1-c1ccccc1)c1ccc2nccn2c1. The fraction of sp³-hybridized carbons (Fsp3) is 0. The molecule has 1 N–H and O–H groups in total. The van der Waals surface area contributed by atoms with Crippen molar-refractivity contribution in [3.63, 3.8) is 0 Å². The molecule has 3 heterocycles. The summed E-state index contributed by atoms with van der Waals surface area (Å²) in [5, 5.41) is 2.90. The Morgan fingerprint density at radius 3 is 2.67 bits per heavy atom. The van der Waals surface area contributed by atoms with Gasteiger partial charge in [0.2, 0.25) is 0 Å². The third-order valence-electron chi connectivity index (χ3n) is 3.78. The zero-order valence-corrected chi connectivity index (χ0v) is 12.8. The number of hydrogen-bond acceptors (Lipinski definition) is 3. The molecule has 24 heavy (non-hydrogen) atoms. The summed E-state index contributed by atoms with van der Waals surface area (Å²) in [6.45, 7) is 0. The summed E-state index contributed by atoms with van der Waals surface area (Å²) in [5.41, 5.74) is 3.24. The number of imidazole rings is 1. The number of aromatic nitrogens is 3. The van der Waals surface area contributed by atoms with Crippen LogP contribution >= 0.6 is 0 Å². The molecule has 0 radical (unpaired) electrons. The molecule has 0 aliphatic rings. The maximum Gasteiger partial charge on any atom is 0.258 e. The van der Waals surface area contributed by atoms with Crippen molar-refractivity contribution < 1.29 is 4.79 Å². The summed E-state index contributed by atoms with van der Waals surface area (Å²) in [5.74, 6) is 0.334. The number of pyridine rings is 2. The summed E-state index contributed by atoms with van der Waals surface area (Å²) in [6, 6.07) is 17.2. The molecule has 1 aromatic carbocycles. The van der Waals surface area contributed by atoms with Crippen molar-refractivity contribution in [3.8, 4) is 11.1 Å². The van der Waals surface area contributed by atoms with E-state index in [4.69, 9.17) is 0 Å². The van der Waals surface area contributed by atoms with E-state index in [-0.39, 0.29) is 5.91 Å². The predicted octanol–water partition coefficient (Wildman–Crippen LogP) is 3.65. The Morgan fingerprint density at radius 1 is 0.917 bits per heavy atom. The highest BCUT2D eigenvalue weighted by molar-refractivity contribution is 6.05. The van der Waals surface area contributed by atoms with Crippen LogP contribution in [0.1, 0.15) is 10.4 Å². The van der Waals surface area contributed by atoms with Crippen LogP contribution in [0.2, 0.25) is 0 Å². The largest absolute Gasteiger partial charge is 0.306 e. The number of nitrogens with zero attached hydrogens (tertiary/aromatic N) is 3. The Morgan fingerprint density at radius 2 is 1.79 bits per heavy atom. The van der Waals surface area contributed by atoms with E-state index in [9.17, 15) is 4.79 Å². The minimum Gasteiger partial charge on any atom is -0.306 e. The number of rotatable bonds is 3. The van der Waals surface area contributed by atoms with Gasteiger partial charge in [0.05, 0.1) is 5.56 Å². The molecule has 0 saturated heterocycles. The van der Waals surface area contributed by atoms with E-state index in [1.807, 2.05) is 59.1 Å². The lowest BCUT2D eigenvalue weighted by Gasteiger charge is -2.10. The minimum atomic E-state index is -0.207. The van der Waals surface area contributed by atoms with Gasteiger partial charge in [0, 0.05) is 30.4 Å². The molecule has 0 fully saturated rings. The average molecular weight is 314 g/mol. The molecule has 0 unspecified atom stereocenters. The van der Waals surface area contributed by atoms with Gasteiger partial charge >= 0.3 is 0 Å². The summed E-state index contributed by atoms with van der Waals surface area (Å²) in [6.07, 6.45) is 6.93. The molecule has 0 bridgehead atoms. The quantitative estimate of drug-likeness (QED) is 0.628. The van der Waals surface area contributed by atoms with E-state index in [1.165, 1.54) is 0 Å². The van der Waals surface area contributed by atoms with Crippen LogP contribution in [0.25, 0.3) is 16.8 Å². The second kappa shape index (κ2) is 5.96. The van der Waals surface area contributed by atoms with Gasteiger partial charge in [-0.15, -0.1) is 0 Å². The van der Waals surface area contributed by atoms with Crippen LogP contribution in [0.5, 0.6) is 0 Å². The number of amides is 1. The van der Waals surface area contributed by atoms with Crippen LogP contribution in [0, 0.1) is 0 Å². The van der Waals surface area contributed by atoms with Gasteiger partial charge in [0.1, 0.15) is 11.5 Å². The Hall–Kier alpha value is -3.47. The number of carbonyl (C=O) groups excluding carboxylic acids is 1. The van der Waals surface area contributed by atoms with E-state index < -0.39 is 0 Å². The fourth-order valence-electron chi connectivity index (χ4n) is 2.59. The molecular weight excluding hydrogens is 300 g/mol. The van der Waals surface area contributed by atoms with Crippen molar-refractivity contribution in [3.05, 3.63) is 84.9 Å². The first-order valence-electron chi connectivity index (χ1n) is 7.56. The van der Waals surface area contributed by atoms with Gasteiger partial charge in [-0.3, -0.25) is 4.79 Å². The van der Waals surface area contributed by atoms with Gasteiger partial charge < -0.3 is 9.72 Å². The van der Waals surface area contributed by atoms with Crippen LogP contribution in [0.4, 0.5) is 5.82 Å². The highest BCUT2D eigenvalue weighted by Gasteiger charge is 2.12. The summed E-state index contributed by atoms with van der Waals surface area (Å²) in [7, 11) is 0. The van der Waals surface area contributed by atoms with Crippen LogP contribution in [-0.2, 0) is 0 Å². The zero-order valence-electron chi connectivity index (χ0n) is 12.8. The number of benzene rings is 1. The standard InChI is InChI=1S/C19H14N4O/c24-19(15-8-9-17-20-11-12-23(17)13-15)22-18-16(7-4-10-21-18)14-5-2-1-3-6-14/h1-13H,(H,21,22,24). The number of fused-ring (bicyclic) bond motifs is 1. The Balaban J connectivity index is 1.67. The molecule has 0 spiro atoms. The van der Waals surface area contributed by atoms with Crippen LogP contribution < -0.4 is 5.32 Å². The molecule has 5 heteroatoms. The van der Waals surface area contributed by atoms with Crippen molar-refractivity contribution in [1.29, 1.82) is 0 Å². The van der Waals surface area contributed by atoms with E-state index >= 15 is 0 Å². The number of nitrogens with one attached hydrogen (secondary N) is 1. The molecule has 0 aliphatic carbocycles. The monoisotopic (exact) mass is 314 g/mol. The first kappa shape index (κ1) is 14.1. The molecular formula is C19H14N4O. The minimum absolute atomic E-state index is 0.207. The van der Waals surface area contributed by atoms with Gasteiger partial charge in [-0.25, -0.2) is 9.97 Å². The molecule has 3 aromatic heterocycles. The molecule has 1 amide bonds. The molecule has 5 nitrogen and oxygen atoms in total. The molecule has 116 valence electrons. The molecule has 0 aliphatic heterocycles. The van der Waals surface area contributed by atoms with Gasteiger partial charge in [0.15, 0.2) is 0 Å². The van der Waals surface area contributed by atoms with E-state index in [0.717, 1.165) is 16.8 Å². The Labute approximate surface area is 138 Å². The zero-order chi connectivity index (χ0) is 16.4. The maximum atomic E-state index is 12.6. The van der Waals surface area contributed by atoms with E-state index in [2.05, 4.69) is 15.3 Å². The van der Waals surface area contributed by atoms with Gasteiger partial charge in [0.25, 0.3) is 5.91 Å². The Bertz CT molecular complexity index is 1010. The van der Waals surface area contributed by atoms with Gasteiger partial charge in [-0.05, 0) is 29.8 Å². The predicted molar refractivity (Wildman–Crippen MR) is 92.8 cm³/mol. The molecule has 4 aromatic rings. The van der Waals surface area contributed by atoms with Crippen molar-refractivity contribution in [2.24, 2.45) is 0 Å². The number of anilines is 1. The van der Waals surface area contributed by atoms with Crippen molar-refractivity contribution >= 4 is 17.4 Å². The molecule has 0 saturated carbocycles. The van der Waals surface area contributed by atoms with Crippen molar-refractivity contribution in [2.45, 2.75) is 0 Å². The topological polar surface area (TPSA) is 59.3 Å². The second-order valence-electron chi connectivity index (χ2n) is 5.33. The van der Waals surface area contributed by atoms with E-state index in [0.29, 0.717) is 11.4 Å². The normalized spacial score (nSPS) is 10.7. The lowest BCUT2D eigenvalue weighted by molar-refractivity contribution is 0.102. The van der Waals surface area contributed by atoms with E-state index in [1.54, 1.807) is 24.7 Å². The first-order chi connectivity index (χ1) is 11.8. The smallest absolute Gasteiger partial charge is 0.258 e. The second-order valence-corrected chi connectivity index (χ2v) is 5.33. The van der Waals surface area contributed by atoms with Crippen LogP contribution in [-0.4, -0.2) is 20.3 Å².